The zero-order chi connectivity index (χ0) is 20.2. The Morgan fingerprint density at radius 2 is 1.78 bits per heavy atom. The van der Waals surface area contributed by atoms with Crippen molar-refractivity contribution in [3.05, 3.63) is 41.5 Å². The number of carbonyl (C=O) groups excluding carboxylic acids is 1. The van der Waals surface area contributed by atoms with E-state index in [-0.39, 0.29) is 0 Å². The number of esters is 1. The number of hydrogen-bond donors (Lipinski definition) is 3. The van der Waals surface area contributed by atoms with Gasteiger partial charge < -0.3 is 29.5 Å². The Labute approximate surface area is 152 Å². The number of aliphatic hydroxyl groups excluding tert-OH is 3. The van der Waals surface area contributed by atoms with E-state index in [0.29, 0.717) is 5.56 Å². The Hall–Kier alpha value is -1.98. The second-order valence-electron chi connectivity index (χ2n) is 5.83. The van der Waals surface area contributed by atoms with Crippen LogP contribution in [-0.2, 0) is 25.2 Å². The Morgan fingerprint density at radius 3 is 2.33 bits per heavy atom. The molecule has 0 bridgehead atoms. The van der Waals surface area contributed by atoms with Gasteiger partial charge in [0.25, 0.3) is 0 Å². The number of rotatable bonds is 5. The van der Waals surface area contributed by atoms with Gasteiger partial charge in [0.1, 0.15) is 31.0 Å². The minimum atomic E-state index is -4.44. The normalized spacial score (nSPS) is 29.1. The molecule has 1 unspecified atom stereocenters. The highest BCUT2D eigenvalue weighted by Gasteiger charge is 2.44. The van der Waals surface area contributed by atoms with Crippen molar-refractivity contribution in [1.29, 1.82) is 0 Å². The summed E-state index contributed by atoms with van der Waals surface area (Å²) in [6.45, 7) is -0.430. The van der Waals surface area contributed by atoms with Crippen LogP contribution in [0.25, 0.3) is 6.08 Å². The van der Waals surface area contributed by atoms with Gasteiger partial charge in [-0.2, -0.15) is 13.2 Å². The molecule has 1 heterocycles. The van der Waals surface area contributed by atoms with E-state index in [1.807, 2.05) is 0 Å². The molecule has 3 N–H and O–H groups in total. The summed E-state index contributed by atoms with van der Waals surface area (Å²) in [6, 6.07) is 4.16. The number of alkyl halides is 3. The lowest BCUT2D eigenvalue weighted by Gasteiger charge is -2.39. The molecule has 0 radical (unpaired) electrons. The first-order chi connectivity index (χ1) is 12.6. The van der Waals surface area contributed by atoms with E-state index in [1.54, 1.807) is 0 Å². The van der Waals surface area contributed by atoms with Crippen LogP contribution < -0.4 is 0 Å². The number of methoxy groups -OCH3 is 1. The summed E-state index contributed by atoms with van der Waals surface area (Å²) in [4.78, 5) is 11.7. The first-order valence-electron chi connectivity index (χ1n) is 7.88. The third-order valence-corrected chi connectivity index (χ3v) is 3.94. The summed E-state index contributed by atoms with van der Waals surface area (Å²) >= 11 is 0. The van der Waals surface area contributed by atoms with Crippen molar-refractivity contribution < 1.29 is 47.5 Å². The van der Waals surface area contributed by atoms with Gasteiger partial charge in [0.05, 0.1) is 5.56 Å². The van der Waals surface area contributed by atoms with Gasteiger partial charge in [-0.15, -0.1) is 0 Å². The Balaban J connectivity index is 1.89. The molecule has 2 rings (SSSR count). The third-order valence-electron chi connectivity index (χ3n) is 3.94. The molecule has 1 aromatic rings. The average Bonchev–Trinajstić information content (AvgIpc) is 2.63. The molecule has 1 aliphatic rings. The fourth-order valence-corrected chi connectivity index (χ4v) is 2.41. The predicted octanol–water partition coefficient (Wildman–Crippen LogP) is 0.716. The van der Waals surface area contributed by atoms with E-state index >= 15 is 0 Å². The number of hydrogen-bond acceptors (Lipinski definition) is 7. The van der Waals surface area contributed by atoms with Gasteiger partial charge in [-0.1, -0.05) is 12.1 Å². The Kier molecular flexibility index (Phi) is 6.95. The molecular weight excluding hydrogens is 373 g/mol. The van der Waals surface area contributed by atoms with E-state index in [1.165, 1.54) is 25.3 Å². The summed E-state index contributed by atoms with van der Waals surface area (Å²) in [6.07, 6.45) is -9.02. The number of carbonyl (C=O) groups is 1. The van der Waals surface area contributed by atoms with Gasteiger partial charge >= 0.3 is 12.1 Å². The summed E-state index contributed by atoms with van der Waals surface area (Å²) in [5.74, 6) is -0.833. The van der Waals surface area contributed by atoms with Crippen LogP contribution in [0.2, 0.25) is 0 Å². The number of aliphatic hydroxyl groups is 3. The molecule has 0 aromatic heterocycles. The molecule has 150 valence electrons. The maximum Gasteiger partial charge on any atom is 0.416 e. The van der Waals surface area contributed by atoms with Crippen LogP contribution in [0, 0.1) is 0 Å². The zero-order valence-corrected chi connectivity index (χ0v) is 14.2. The van der Waals surface area contributed by atoms with E-state index in [2.05, 4.69) is 0 Å². The molecule has 1 aliphatic heterocycles. The lowest BCUT2D eigenvalue weighted by Crippen LogP contribution is -2.59. The smallest absolute Gasteiger partial charge is 0.416 e. The number of benzene rings is 1. The lowest BCUT2D eigenvalue weighted by atomic mass is 9.99. The van der Waals surface area contributed by atoms with Crippen LogP contribution in [0.3, 0.4) is 0 Å². The molecule has 1 fully saturated rings. The fraction of sp³-hybridized carbons (Fsp3) is 0.471. The topological polar surface area (TPSA) is 105 Å². The van der Waals surface area contributed by atoms with Gasteiger partial charge in [-0.3, -0.25) is 0 Å². The molecule has 7 nitrogen and oxygen atoms in total. The molecule has 0 amide bonds. The molecule has 1 saturated heterocycles. The van der Waals surface area contributed by atoms with Crippen molar-refractivity contribution >= 4 is 12.0 Å². The highest BCUT2D eigenvalue weighted by Crippen LogP contribution is 2.29. The highest BCUT2D eigenvalue weighted by molar-refractivity contribution is 5.87. The first kappa shape index (κ1) is 21.3. The van der Waals surface area contributed by atoms with Crippen LogP contribution in [0.15, 0.2) is 30.3 Å². The highest BCUT2D eigenvalue weighted by atomic mass is 19.4. The van der Waals surface area contributed by atoms with E-state index in [9.17, 15) is 33.3 Å². The standard InChI is InChI=1S/C17H19F3O7/c1-25-16-15(24)14(23)13(22)11(27-16)8-26-12(21)7-4-9-2-5-10(6-3-9)17(18,19)20/h2-7,11,13-16,22-24H,8H2,1H3/b7-4+/t11-,13-,14+,15-,16?/m1/s1. The minimum Gasteiger partial charge on any atom is -0.460 e. The van der Waals surface area contributed by atoms with Gasteiger partial charge in [-0.05, 0) is 23.8 Å². The monoisotopic (exact) mass is 392 g/mol. The molecule has 0 spiro atoms. The molecule has 27 heavy (non-hydrogen) atoms. The number of ether oxygens (including phenoxy) is 3. The van der Waals surface area contributed by atoms with Gasteiger partial charge in [0, 0.05) is 13.2 Å². The molecular formula is C17H19F3O7. The second kappa shape index (κ2) is 8.81. The van der Waals surface area contributed by atoms with E-state index < -0.39 is 55.0 Å². The summed E-state index contributed by atoms with van der Waals surface area (Å²) in [7, 11) is 1.23. The largest absolute Gasteiger partial charge is 0.460 e. The van der Waals surface area contributed by atoms with Gasteiger partial charge in [-0.25, -0.2) is 4.79 Å². The van der Waals surface area contributed by atoms with Crippen molar-refractivity contribution in [2.75, 3.05) is 13.7 Å². The van der Waals surface area contributed by atoms with Crippen LogP contribution in [0.1, 0.15) is 11.1 Å². The molecule has 0 saturated carbocycles. The summed E-state index contributed by atoms with van der Waals surface area (Å²) in [5, 5.41) is 29.2. The van der Waals surface area contributed by atoms with Gasteiger partial charge in [0.15, 0.2) is 6.29 Å². The Morgan fingerprint density at radius 1 is 1.15 bits per heavy atom. The van der Waals surface area contributed by atoms with Crippen LogP contribution in [0.5, 0.6) is 0 Å². The van der Waals surface area contributed by atoms with Crippen LogP contribution in [0.4, 0.5) is 13.2 Å². The molecule has 10 heteroatoms. The minimum absolute atomic E-state index is 0.354. The number of halogens is 3. The second-order valence-corrected chi connectivity index (χ2v) is 5.83. The van der Waals surface area contributed by atoms with Crippen molar-refractivity contribution in [3.63, 3.8) is 0 Å². The van der Waals surface area contributed by atoms with Gasteiger partial charge in [0.2, 0.25) is 0 Å². The van der Waals surface area contributed by atoms with Crippen molar-refractivity contribution in [2.45, 2.75) is 36.9 Å². The average molecular weight is 392 g/mol. The first-order valence-corrected chi connectivity index (χ1v) is 7.88. The van der Waals surface area contributed by atoms with Crippen molar-refractivity contribution in [3.8, 4) is 0 Å². The third kappa shape index (κ3) is 5.50. The zero-order valence-electron chi connectivity index (χ0n) is 14.2. The molecule has 5 atom stereocenters. The molecule has 1 aromatic carbocycles. The van der Waals surface area contributed by atoms with Crippen LogP contribution in [-0.4, -0.2) is 65.7 Å². The van der Waals surface area contributed by atoms with E-state index in [0.717, 1.165) is 18.2 Å². The Bertz CT molecular complexity index is 657. The summed E-state index contributed by atoms with van der Waals surface area (Å²) in [5.41, 5.74) is -0.453. The van der Waals surface area contributed by atoms with Crippen molar-refractivity contribution in [2.24, 2.45) is 0 Å². The fourth-order valence-electron chi connectivity index (χ4n) is 2.41. The maximum absolute atomic E-state index is 12.5. The SMILES string of the molecule is COC1O[C@H](COC(=O)/C=C/c2ccc(C(F)(F)F)cc2)[C@@H](O)[C@H](O)[C@H]1O. The maximum atomic E-state index is 12.5. The summed E-state index contributed by atoms with van der Waals surface area (Å²) < 4.78 is 52.3. The lowest BCUT2D eigenvalue weighted by molar-refractivity contribution is -0.294. The predicted molar refractivity (Wildman–Crippen MR) is 85.1 cm³/mol. The molecule has 0 aliphatic carbocycles. The quantitative estimate of drug-likeness (QED) is 0.501. The van der Waals surface area contributed by atoms with Crippen molar-refractivity contribution in [1.82, 2.24) is 0 Å². The van der Waals surface area contributed by atoms with Crippen LogP contribution >= 0.6 is 0 Å². The van der Waals surface area contributed by atoms with E-state index in [4.69, 9.17) is 14.2 Å².